The van der Waals surface area contributed by atoms with Gasteiger partial charge in [0.15, 0.2) is 0 Å². The van der Waals surface area contributed by atoms with E-state index in [9.17, 15) is 4.79 Å². The van der Waals surface area contributed by atoms with Crippen molar-refractivity contribution in [3.05, 3.63) is 40.3 Å². The highest BCUT2D eigenvalue weighted by atomic mass is 79.9. The van der Waals surface area contributed by atoms with E-state index in [1.807, 2.05) is 0 Å². The average molecular weight is 256 g/mol. The molecular formula is C10H10BrNO2. The molecule has 0 fully saturated rings. The fourth-order valence-corrected chi connectivity index (χ4v) is 1.22. The van der Waals surface area contributed by atoms with E-state index in [2.05, 4.69) is 20.9 Å². The van der Waals surface area contributed by atoms with Crippen molar-refractivity contribution in [2.24, 2.45) is 0 Å². The Balaban J connectivity index is 2.90. The number of aromatic nitrogens is 1. The van der Waals surface area contributed by atoms with Crippen molar-refractivity contribution in [1.29, 1.82) is 0 Å². The molecule has 0 atom stereocenters. The molecule has 1 rings (SSSR count). The minimum atomic E-state index is -0.286. The van der Waals surface area contributed by atoms with Gasteiger partial charge < -0.3 is 5.11 Å². The molecule has 0 aliphatic rings. The third-order valence-electron chi connectivity index (χ3n) is 1.63. The number of hydrogen-bond acceptors (Lipinski definition) is 3. The van der Waals surface area contributed by atoms with Crippen molar-refractivity contribution in [2.45, 2.75) is 13.3 Å². The third kappa shape index (κ3) is 2.96. The molecular weight excluding hydrogens is 246 g/mol. The summed E-state index contributed by atoms with van der Waals surface area (Å²) in [5, 5.41) is 9.16. The highest BCUT2D eigenvalue weighted by molar-refractivity contribution is 9.10. The zero-order chi connectivity index (χ0) is 10.6. The molecule has 0 aliphatic heterocycles. The Morgan fingerprint density at radius 2 is 2.36 bits per heavy atom. The number of hydrogen-bond donors (Lipinski definition) is 1. The molecule has 1 heterocycles. The lowest BCUT2D eigenvalue weighted by atomic mass is 10.2. The smallest absolute Gasteiger partial charge is 0.207 e. The molecule has 1 aromatic rings. The number of pyridine rings is 1. The molecule has 0 radical (unpaired) electrons. The Morgan fingerprint density at radius 3 is 2.93 bits per heavy atom. The van der Waals surface area contributed by atoms with Crippen LogP contribution in [-0.4, -0.2) is 15.9 Å². The van der Waals surface area contributed by atoms with Crippen LogP contribution >= 0.6 is 15.9 Å². The van der Waals surface area contributed by atoms with Crippen LogP contribution in [-0.2, 0) is 0 Å². The molecule has 3 nitrogen and oxygen atoms in total. The van der Waals surface area contributed by atoms with E-state index < -0.39 is 0 Å². The van der Waals surface area contributed by atoms with Gasteiger partial charge in [-0.2, -0.15) is 0 Å². The summed E-state index contributed by atoms with van der Waals surface area (Å²) in [5.41, 5.74) is 0.319. The van der Waals surface area contributed by atoms with E-state index in [4.69, 9.17) is 5.11 Å². The number of carbonyl (C=O) groups excluding carboxylic acids is 1. The second-order valence-electron chi connectivity index (χ2n) is 2.70. The van der Waals surface area contributed by atoms with Gasteiger partial charge in [0.05, 0.1) is 5.76 Å². The van der Waals surface area contributed by atoms with E-state index in [-0.39, 0.29) is 11.5 Å². The maximum absolute atomic E-state index is 11.4. The number of aliphatic hydroxyl groups excluding tert-OH is 1. The van der Waals surface area contributed by atoms with Crippen molar-refractivity contribution in [1.82, 2.24) is 4.98 Å². The van der Waals surface area contributed by atoms with Crippen LogP contribution in [0.15, 0.2) is 34.6 Å². The van der Waals surface area contributed by atoms with Gasteiger partial charge in [0.1, 0.15) is 10.3 Å². The standard InChI is InChI=1S/C10H10BrNO2/c1-2-7(13)6-9(14)8-4-3-5-10(11)12-8/h3-6,13H,2H2,1H3/b7-6-. The van der Waals surface area contributed by atoms with Crippen molar-refractivity contribution in [3.8, 4) is 0 Å². The van der Waals surface area contributed by atoms with Gasteiger partial charge in [0.25, 0.3) is 0 Å². The number of rotatable bonds is 3. The van der Waals surface area contributed by atoms with Crippen molar-refractivity contribution < 1.29 is 9.90 Å². The highest BCUT2D eigenvalue weighted by Gasteiger charge is 2.05. The summed E-state index contributed by atoms with van der Waals surface area (Å²) in [7, 11) is 0. The fourth-order valence-electron chi connectivity index (χ4n) is 0.873. The number of nitrogens with zero attached hydrogens (tertiary/aromatic N) is 1. The molecule has 0 saturated heterocycles. The highest BCUT2D eigenvalue weighted by Crippen LogP contribution is 2.08. The zero-order valence-electron chi connectivity index (χ0n) is 7.70. The molecule has 1 aromatic heterocycles. The van der Waals surface area contributed by atoms with Crippen molar-refractivity contribution >= 4 is 21.7 Å². The minimum absolute atomic E-state index is 0.0665. The van der Waals surface area contributed by atoms with Crippen LogP contribution in [0, 0.1) is 0 Å². The van der Waals surface area contributed by atoms with Crippen LogP contribution in [0.4, 0.5) is 0 Å². The second-order valence-corrected chi connectivity index (χ2v) is 3.51. The molecule has 74 valence electrons. The molecule has 0 saturated carbocycles. The Bertz CT molecular complexity index is 374. The number of aliphatic hydroxyl groups is 1. The van der Waals surface area contributed by atoms with E-state index in [1.165, 1.54) is 6.08 Å². The van der Waals surface area contributed by atoms with E-state index in [0.717, 1.165) is 0 Å². The topological polar surface area (TPSA) is 50.2 Å². The van der Waals surface area contributed by atoms with Crippen LogP contribution in [0.3, 0.4) is 0 Å². The van der Waals surface area contributed by atoms with E-state index in [0.29, 0.717) is 16.7 Å². The first kappa shape index (κ1) is 10.9. The Hall–Kier alpha value is -1.16. The van der Waals surface area contributed by atoms with Gasteiger partial charge in [-0.3, -0.25) is 4.79 Å². The lowest BCUT2D eigenvalue weighted by Crippen LogP contribution is -1.99. The predicted molar refractivity (Wildman–Crippen MR) is 57.3 cm³/mol. The molecule has 14 heavy (non-hydrogen) atoms. The van der Waals surface area contributed by atoms with Crippen LogP contribution in [0.2, 0.25) is 0 Å². The monoisotopic (exact) mass is 255 g/mol. The normalized spacial score (nSPS) is 11.4. The maximum atomic E-state index is 11.4. The Morgan fingerprint density at radius 1 is 1.64 bits per heavy atom. The average Bonchev–Trinajstić information content (AvgIpc) is 2.17. The first-order chi connectivity index (χ1) is 6.63. The van der Waals surface area contributed by atoms with Gasteiger partial charge in [0.2, 0.25) is 5.78 Å². The molecule has 0 aromatic carbocycles. The van der Waals surface area contributed by atoms with Crippen LogP contribution in [0.25, 0.3) is 0 Å². The summed E-state index contributed by atoms with van der Waals surface area (Å²) in [6.45, 7) is 1.77. The first-order valence-electron chi connectivity index (χ1n) is 4.20. The third-order valence-corrected chi connectivity index (χ3v) is 2.07. The summed E-state index contributed by atoms with van der Waals surface area (Å²) < 4.78 is 0.604. The van der Waals surface area contributed by atoms with Gasteiger partial charge in [-0.05, 0) is 28.1 Å². The SMILES string of the molecule is CC/C(O)=C/C(=O)c1cccc(Br)n1. The van der Waals surface area contributed by atoms with Crippen molar-refractivity contribution in [2.75, 3.05) is 0 Å². The summed E-state index contributed by atoms with van der Waals surface area (Å²) in [4.78, 5) is 15.4. The summed E-state index contributed by atoms with van der Waals surface area (Å²) in [5.74, 6) is -0.220. The molecule has 0 bridgehead atoms. The number of halogens is 1. The van der Waals surface area contributed by atoms with Crippen LogP contribution in [0.5, 0.6) is 0 Å². The van der Waals surface area contributed by atoms with Gasteiger partial charge >= 0.3 is 0 Å². The Kier molecular flexibility index (Phi) is 3.83. The van der Waals surface area contributed by atoms with Crippen LogP contribution < -0.4 is 0 Å². The van der Waals surface area contributed by atoms with Gasteiger partial charge in [-0.25, -0.2) is 4.98 Å². The molecule has 1 N–H and O–H groups in total. The molecule has 0 aliphatic carbocycles. The van der Waals surface area contributed by atoms with Gasteiger partial charge in [-0.1, -0.05) is 13.0 Å². The molecule has 0 amide bonds. The Labute approximate surface area is 90.6 Å². The number of ketones is 1. The van der Waals surface area contributed by atoms with E-state index in [1.54, 1.807) is 25.1 Å². The summed E-state index contributed by atoms with van der Waals surface area (Å²) in [6, 6.07) is 5.06. The fraction of sp³-hybridized carbons (Fsp3) is 0.200. The van der Waals surface area contributed by atoms with Crippen LogP contribution in [0.1, 0.15) is 23.8 Å². The minimum Gasteiger partial charge on any atom is -0.512 e. The van der Waals surface area contributed by atoms with E-state index >= 15 is 0 Å². The number of allylic oxidation sites excluding steroid dienone is 2. The first-order valence-corrected chi connectivity index (χ1v) is 4.99. The van der Waals surface area contributed by atoms with Gasteiger partial charge in [0, 0.05) is 12.5 Å². The zero-order valence-corrected chi connectivity index (χ0v) is 9.28. The van der Waals surface area contributed by atoms with Crippen molar-refractivity contribution in [3.63, 3.8) is 0 Å². The van der Waals surface area contributed by atoms with Gasteiger partial charge in [-0.15, -0.1) is 0 Å². The lowest BCUT2D eigenvalue weighted by Gasteiger charge is -1.96. The molecule has 0 spiro atoms. The second kappa shape index (κ2) is 4.91. The summed E-state index contributed by atoms with van der Waals surface area (Å²) in [6.07, 6.45) is 1.63. The largest absolute Gasteiger partial charge is 0.512 e. The number of carbonyl (C=O) groups is 1. The molecule has 4 heteroatoms. The summed E-state index contributed by atoms with van der Waals surface area (Å²) >= 11 is 3.17. The lowest BCUT2D eigenvalue weighted by molar-refractivity contribution is 0.103. The quantitative estimate of drug-likeness (QED) is 0.391. The molecule has 0 unspecified atom stereocenters. The maximum Gasteiger partial charge on any atom is 0.207 e. The predicted octanol–water partition coefficient (Wildman–Crippen LogP) is 2.88.